The number of rotatable bonds is 5. The Labute approximate surface area is 103 Å². The molecule has 17 heavy (non-hydrogen) atoms. The zero-order valence-corrected chi connectivity index (χ0v) is 10.6. The fourth-order valence-electron chi connectivity index (χ4n) is 2.46. The lowest BCUT2D eigenvalue weighted by Crippen LogP contribution is -2.41. The maximum atomic E-state index is 5.94. The van der Waals surface area contributed by atoms with Gasteiger partial charge in [0.25, 0.3) is 0 Å². The molecule has 2 heterocycles. The molecule has 0 amide bonds. The van der Waals surface area contributed by atoms with Gasteiger partial charge in [-0.2, -0.15) is 0 Å². The normalized spacial score (nSPS) is 26.0. The van der Waals surface area contributed by atoms with Gasteiger partial charge in [-0.15, -0.1) is 0 Å². The highest BCUT2D eigenvalue weighted by Gasteiger charge is 2.39. The molecule has 0 aliphatic carbocycles. The van der Waals surface area contributed by atoms with E-state index in [9.17, 15) is 0 Å². The first-order chi connectivity index (χ1) is 8.26. The summed E-state index contributed by atoms with van der Waals surface area (Å²) in [6.45, 7) is 6.19. The monoisotopic (exact) mass is 235 g/mol. The number of hydrogen-bond donors (Lipinski definition) is 1. The molecular weight excluding hydrogens is 214 g/mol. The Bertz CT molecular complexity index is 336. The van der Waals surface area contributed by atoms with Crippen LogP contribution < -0.4 is 5.32 Å². The van der Waals surface area contributed by atoms with Gasteiger partial charge in [-0.3, -0.25) is 0 Å². The van der Waals surface area contributed by atoms with Crippen LogP contribution in [0.25, 0.3) is 0 Å². The van der Waals surface area contributed by atoms with E-state index in [0.717, 1.165) is 38.0 Å². The van der Waals surface area contributed by atoms with Crippen molar-refractivity contribution in [2.75, 3.05) is 13.2 Å². The van der Waals surface area contributed by atoms with Crippen LogP contribution in [0.2, 0.25) is 0 Å². The van der Waals surface area contributed by atoms with E-state index in [4.69, 9.17) is 4.74 Å². The molecule has 2 unspecified atom stereocenters. The molecule has 0 aromatic carbocycles. The maximum Gasteiger partial charge on any atom is 0.115 e. The molecule has 1 aromatic heterocycles. The third-order valence-corrected chi connectivity index (χ3v) is 3.37. The number of ether oxygens (including phenoxy) is 1. The summed E-state index contributed by atoms with van der Waals surface area (Å²) in [5.74, 6) is 0. The molecule has 1 fully saturated rings. The first-order valence-corrected chi connectivity index (χ1v) is 6.38. The minimum Gasteiger partial charge on any atom is -0.373 e. The molecule has 4 heteroatoms. The first kappa shape index (κ1) is 12.5. The Hall–Kier alpha value is -1.00. The van der Waals surface area contributed by atoms with Crippen molar-refractivity contribution in [3.63, 3.8) is 0 Å². The van der Waals surface area contributed by atoms with Crippen molar-refractivity contribution in [3.05, 3.63) is 24.3 Å². The van der Waals surface area contributed by atoms with E-state index in [0.29, 0.717) is 0 Å². The van der Waals surface area contributed by atoms with E-state index in [-0.39, 0.29) is 11.6 Å². The lowest BCUT2D eigenvalue weighted by atomic mass is 9.89. The van der Waals surface area contributed by atoms with Crippen LogP contribution in [-0.2, 0) is 4.74 Å². The highest BCUT2D eigenvalue weighted by atomic mass is 16.5. The average Bonchev–Trinajstić information content (AvgIpc) is 2.79. The standard InChI is InChI=1S/C13H21N3O/c1-3-6-16-12(11-8-14-10-15-9-11)13(2)5-4-7-17-13/h8-10,12,16H,3-7H2,1-2H3. The average molecular weight is 235 g/mol. The van der Waals surface area contributed by atoms with E-state index in [2.05, 4.69) is 29.1 Å². The molecular formula is C13H21N3O. The van der Waals surface area contributed by atoms with Gasteiger partial charge >= 0.3 is 0 Å². The second kappa shape index (κ2) is 5.56. The zero-order valence-electron chi connectivity index (χ0n) is 10.6. The molecule has 1 N–H and O–H groups in total. The summed E-state index contributed by atoms with van der Waals surface area (Å²) in [5, 5.41) is 3.56. The minimum atomic E-state index is -0.125. The van der Waals surface area contributed by atoms with E-state index >= 15 is 0 Å². The van der Waals surface area contributed by atoms with Crippen molar-refractivity contribution in [3.8, 4) is 0 Å². The Morgan fingerprint density at radius 3 is 2.82 bits per heavy atom. The predicted molar refractivity (Wildman–Crippen MR) is 66.7 cm³/mol. The fraction of sp³-hybridized carbons (Fsp3) is 0.692. The summed E-state index contributed by atoms with van der Waals surface area (Å²) in [6.07, 6.45) is 8.66. The molecule has 0 spiro atoms. The van der Waals surface area contributed by atoms with E-state index < -0.39 is 0 Å². The van der Waals surface area contributed by atoms with Crippen molar-refractivity contribution in [2.24, 2.45) is 0 Å². The summed E-state index contributed by atoms with van der Waals surface area (Å²) in [4.78, 5) is 8.22. The first-order valence-electron chi connectivity index (χ1n) is 6.38. The lowest BCUT2D eigenvalue weighted by molar-refractivity contribution is -0.0126. The Morgan fingerprint density at radius 2 is 2.24 bits per heavy atom. The van der Waals surface area contributed by atoms with E-state index in [1.165, 1.54) is 0 Å². The highest BCUT2D eigenvalue weighted by Crippen LogP contribution is 2.36. The van der Waals surface area contributed by atoms with Crippen molar-refractivity contribution >= 4 is 0 Å². The molecule has 2 atom stereocenters. The third kappa shape index (κ3) is 2.82. The molecule has 94 valence electrons. The van der Waals surface area contributed by atoms with Crippen LogP contribution in [0.1, 0.15) is 44.7 Å². The molecule has 1 saturated heterocycles. The van der Waals surface area contributed by atoms with Crippen LogP contribution in [0.4, 0.5) is 0 Å². The summed E-state index contributed by atoms with van der Waals surface area (Å²) < 4.78 is 5.94. The molecule has 4 nitrogen and oxygen atoms in total. The van der Waals surface area contributed by atoms with Crippen LogP contribution in [-0.4, -0.2) is 28.7 Å². The predicted octanol–water partition coefficient (Wildman–Crippen LogP) is 2.09. The van der Waals surface area contributed by atoms with Gasteiger partial charge in [-0.25, -0.2) is 9.97 Å². The van der Waals surface area contributed by atoms with Crippen LogP contribution in [0.3, 0.4) is 0 Å². The van der Waals surface area contributed by atoms with Crippen LogP contribution in [0.15, 0.2) is 18.7 Å². The Balaban J connectivity index is 2.18. The second-order valence-electron chi connectivity index (χ2n) is 4.82. The van der Waals surface area contributed by atoms with Crippen molar-refractivity contribution in [1.82, 2.24) is 15.3 Å². The summed E-state index contributed by atoms with van der Waals surface area (Å²) in [5.41, 5.74) is 0.991. The smallest absolute Gasteiger partial charge is 0.115 e. The maximum absolute atomic E-state index is 5.94. The van der Waals surface area contributed by atoms with Gasteiger partial charge in [-0.05, 0) is 32.7 Å². The van der Waals surface area contributed by atoms with Gasteiger partial charge in [0.2, 0.25) is 0 Å². The fourth-order valence-corrected chi connectivity index (χ4v) is 2.46. The largest absolute Gasteiger partial charge is 0.373 e. The van der Waals surface area contributed by atoms with Gasteiger partial charge in [0, 0.05) is 24.6 Å². The summed E-state index contributed by atoms with van der Waals surface area (Å²) in [6, 6.07) is 0.186. The van der Waals surface area contributed by atoms with Crippen LogP contribution in [0.5, 0.6) is 0 Å². The van der Waals surface area contributed by atoms with E-state index in [1.807, 2.05) is 12.4 Å². The summed E-state index contributed by atoms with van der Waals surface area (Å²) in [7, 11) is 0. The number of hydrogen-bond acceptors (Lipinski definition) is 4. The number of nitrogens with zero attached hydrogens (tertiary/aromatic N) is 2. The van der Waals surface area contributed by atoms with E-state index in [1.54, 1.807) is 6.33 Å². The van der Waals surface area contributed by atoms with Gasteiger partial charge < -0.3 is 10.1 Å². The van der Waals surface area contributed by atoms with Crippen molar-refractivity contribution in [1.29, 1.82) is 0 Å². The summed E-state index contributed by atoms with van der Waals surface area (Å²) >= 11 is 0. The lowest BCUT2D eigenvalue weighted by Gasteiger charge is -2.34. The van der Waals surface area contributed by atoms with Gasteiger partial charge in [-0.1, -0.05) is 6.92 Å². The topological polar surface area (TPSA) is 47.0 Å². The minimum absolute atomic E-state index is 0.125. The molecule has 2 rings (SSSR count). The number of nitrogens with one attached hydrogen (secondary N) is 1. The number of aromatic nitrogens is 2. The molecule has 0 radical (unpaired) electrons. The Morgan fingerprint density at radius 1 is 1.47 bits per heavy atom. The third-order valence-electron chi connectivity index (χ3n) is 3.37. The molecule has 1 aliphatic rings. The zero-order chi connectivity index (χ0) is 12.1. The molecule has 1 aromatic rings. The van der Waals surface area contributed by atoms with Gasteiger partial charge in [0.1, 0.15) is 6.33 Å². The second-order valence-corrected chi connectivity index (χ2v) is 4.82. The van der Waals surface area contributed by atoms with Gasteiger partial charge in [0.15, 0.2) is 0 Å². The Kier molecular flexibility index (Phi) is 4.07. The quantitative estimate of drug-likeness (QED) is 0.849. The van der Waals surface area contributed by atoms with Crippen molar-refractivity contribution in [2.45, 2.75) is 44.8 Å². The van der Waals surface area contributed by atoms with Crippen molar-refractivity contribution < 1.29 is 4.74 Å². The molecule has 1 aliphatic heterocycles. The van der Waals surface area contributed by atoms with Crippen LogP contribution >= 0.6 is 0 Å². The van der Waals surface area contributed by atoms with Gasteiger partial charge in [0.05, 0.1) is 11.6 Å². The molecule has 0 saturated carbocycles. The van der Waals surface area contributed by atoms with Crippen LogP contribution in [0, 0.1) is 0 Å². The highest BCUT2D eigenvalue weighted by molar-refractivity contribution is 5.15. The SMILES string of the molecule is CCCNC(c1cncnc1)C1(C)CCCO1. The molecule has 0 bridgehead atoms.